The maximum atomic E-state index is 12.7. The molecule has 0 aliphatic rings. The Labute approximate surface area is 191 Å². The van der Waals surface area contributed by atoms with E-state index >= 15 is 0 Å². The molecule has 12 heteroatoms. The molecule has 33 heavy (non-hydrogen) atoms. The molecule has 0 spiro atoms. The minimum absolute atomic E-state index is 0.00259. The van der Waals surface area contributed by atoms with Gasteiger partial charge in [0.15, 0.2) is 5.82 Å². The highest BCUT2D eigenvalue weighted by Crippen LogP contribution is 2.29. The van der Waals surface area contributed by atoms with Gasteiger partial charge >= 0.3 is 6.18 Å². The summed E-state index contributed by atoms with van der Waals surface area (Å²) in [7, 11) is 0. The molecule has 4 aromatic rings. The third-order valence-corrected chi connectivity index (χ3v) is 4.96. The molecule has 3 heterocycles. The second-order valence-electron chi connectivity index (χ2n) is 7.24. The Morgan fingerprint density at radius 3 is 2.33 bits per heavy atom. The maximum absolute atomic E-state index is 12.7. The van der Waals surface area contributed by atoms with Gasteiger partial charge in [0.05, 0.1) is 29.4 Å². The Morgan fingerprint density at radius 2 is 1.70 bits per heavy atom. The summed E-state index contributed by atoms with van der Waals surface area (Å²) in [6.07, 6.45) is 4.48. The van der Waals surface area contributed by atoms with E-state index in [4.69, 9.17) is 11.6 Å². The summed E-state index contributed by atoms with van der Waals surface area (Å²) in [5.74, 6) is 0.321. The summed E-state index contributed by atoms with van der Waals surface area (Å²) < 4.78 is 41.0. The number of pyridine rings is 1. The van der Waals surface area contributed by atoms with Crippen LogP contribution in [0.1, 0.15) is 22.6 Å². The molecule has 1 unspecified atom stereocenters. The fourth-order valence-corrected chi connectivity index (χ4v) is 3.24. The average molecular weight is 476 g/mol. The van der Waals surface area contributed by atoms with E-state index in [9.17, 15) is 18.3 Å². The molecule has 3 aromatic heterocycles. The van der Waals surface area contributed by atoms with Crippen LogP contribution in [0.5, 0.6) is 0 Å². The van der Waals surface area contributed by atoms with Gasteiger partial charge in [-0.1, -0.05) is 29.8 Å². The van der Waals surface area contributed by atoms with Crippen LogP contribution < -0.4 is 0 Å². The van der Waals surface area contributed by atoms with Gasteiger partial charge in [0, 0.05) is 6.20 Å². The molecule has 8 nitrogen and oxygen atoms in total. The Morgan fingerprint density at radius 1 is 0.939 bits per heavy atom. The zero-order chi connectivity index (χ0) is 23.5. The topological polar surface area (TPSA) is 94.5 Å². The van der Waals surface area contributed by atoms with Crippen molar-refractivity contribution in [3.8, 4) is 0 Å². The van der Waals surface area contributed by atoms with Crippen LogP contribution in [0, 0.1) is 0 Å². The minimum atomic E-state index is -4.38. The quantitative estimate of drug-likeness (QED) is 0.438. The van der Waals surface area contributed by atoms with Gasteiger partial charge in [0.1, 0.15) is 24.6 Å². The minimum Gasteiger partial charge on any atom is -0.380 e. The number of nitrogens with zero attached hydrogens (tertiary/aromatic N) is 7. The van der Waals surface area contributed by atoms with Crippen LogP contribution in [0.2, 0.25) is 5.02 Å². The number of aliphatic hydroxyl groups is 1. The van der Waals surface area contributed by atoms with Crippen LogP contribution in [-0.4, -0.2) is 39.6 Å². The van der Waals surface area contributed by atoms with Crippen molar-refractivity contribution in [1.29, 1.82) is 0 Å². The molecule has 0 amide bonds. The van der Waals surface area contributed by atoms with Crippen molar-refractivity contribution in [2.45, 2.75) is 24.9 Å². The van der Waals surface area contributed by atoms with Crippen LogP contribution in [0.3, 0.4) is 0 Å². The predicted octanol–water partition coefficient (Wildman–Crippen LogP) is 3.70. The van der Waals surface area contributed by atoms with Crippen molar-refractivity contribution in [3.63, 3.8) is 0 Å². The van der Waals surface area contributed by atoms with Crippen molar-refractivity contribution < 1.29 is 18.3 Å². The van der Waals surface area contributed by atoms with E-state index in [2.05, 4.69) is 25.1 Å². The van der Waals surface area contributed by atoms with Gasteiger partial charge in [0.2, 0.25) is 0 Å². The first-order valence-electron chi connectivity index (χ1n) is 9.63. The Balaban J connectivity index is 1.52. The number of hydrogen-bond acceptors (Lipinski definition) is 6. The molecule has 0 saturated heterocycles. The first kappa shape index (κ1) is 22.6. The first-order valence-corrected chi connectivity index (χ1v) is 10.0. The molecule has 1 N–H and O–H groups in total. The van der Waals surface area contributed by atoms with Crippen molar-refractivity contribution in [2.24, 2.45) is 0 Å². The molecular formula is C21H17ClF3N7O. The van der Waals surface area contributed by atoms with Crippen molar-refractivity contribution >= 4 is 23.8 Å². The molecule has 0 saturated carbocycles. The fourth-order valence-electron chi connectivity index (χ4n) is 3.13. The summed E-state index contributed by atoms with van der Waals surface area (Å²) in [5, 5.41) is 20.2. The molecule has 0 radical (unpaired) electrons. The largest absolute Gasteiger partial charge is 0.416 e. The third-order valence-electron chi connectivity index (χ3n) is 4.73. The van der Waals surface area contributed by atoms with E-state index in [0.717, 1.165) is 12.1 Å². The van der Waals surface area contributed by atoms with Crippen LogP contribution in [0.15, 0.2) is 61.6 Å². The lowest BCUT2D eigenvalue weighted by Crippen LogP contribution is -2.37. The number of rotatable bonds is 7. The highest BCUT2D eigenvalue weighted by atomic mass is 35.5. The molecule has 170 valence electrons. The van der Waals surface area contributed by atoms with Crippen molar-refractivity contribution in [1.82, 2.24) is 34.5 Å². The van der Waals surface area contributed by atoms with Crippen LogP contribution in [-0.2, 0) is 24.9 Å². The lowest BCUT2D eigenvalue weighted by molar-refractivity contribution is -0.137. The Hall–Kier alpha value is -3.57. The third kappa shape index (κ3) is 5.62. The van der Waals surface area contributed by atoms with Gasteiger partial charge in [-0.2, -0.15) is 23.4 Å². The molecule has 1 atom stereocenters. The zero-order valence-electron chi connectivity index (χ0n) is 16.9. The first-order chi connectivity index (χ1) is 15.7. The van der Waals surface area contributed by atoms with E-state index < -0.39 is 17.3 Å². The molecule has 4 rings (SSSR count). The molecule has 1 aromatic carbocycles. The maximum Gasteiger partial charge on any atom is 0.416 e. The van der Waals surface area contributed by atoms with Crippen LogP contribution >= 0.6 is 11.6 Å². The Kier molecular flexibility index (Phi) is 6.25. The molecule has 0 bridgehead atoms. The second-order valence-corrected chi connectivity index (χ2v) is 7.68. The van der Waals surface area contributed by atoms with Crippen molar-refractivity contribution in [2.75, 3.05) is 0 Å². The van der Waals surface area contributed by atoms with E-state index in [-0.39, 0.29) is 13.1 Å². The molecule has 0 fully saturated rings. The lowest BCUT2D eigenvalue weighted by Gasteiger charge is -2.27. The van der Waals surface area contributed by atoms with E-state index in [1.54, 1.807) is 24.3 Å². The van der Waals surface area contributed by atoms with Gasteiger partial charge in [-0.25, -0.2) is 19.3 Å². The molecular weight excluding hydrogens is 459 g/mol. The molecule has 0 aliphatic heterocycles. The number of hydrogen-bond donors (Lipinski definition) is 1. The zero-order valence-corrected chi connectivity index (χ0v) is 17.7. The standard InChI is InChI=1S/C21H17ClF3N7O/c22-17-6-7-18(27-9-17)20(33,10-31-13-26-12-29-31)11-32-14-28-19(30-32)8-3-15-1-4-16(5-2-15)21(23,24)25/h1-9,12-14,33H,10-11H2. The van der Waals surface area contributed by atoms with E-state index in [1.807, 2.05) is 0 Å². The number of alkyl halides is 3. The summed E-state index contributed by atoms with van der Waals surface area (Å²) in [6.45, 7) is 0.0564. The normalized spacial score (nSPS) is 14.0. The van der Waals surface area contributed by atoms with Crippen molar-refractivity contribution in [3.05, 3.63) is 89.2 Å². The van der Waals surface area contributed by atoms with Gasteiger partial charge < -0.3 is 5.11 Å². The van der Waals surface area contributed by atoms with Gasteiger partial charge in [-0.05, 0) is 35.9 Å². The number of halogens is 4. The van der Waals surface area contributed by atoms with Gasteiger partial charge in [0.25, 0.3) is 0 Å². The van der Waals surface area contributed by atoms with E-state index in [1.165, 1.54) is 46.7 Å². The summed E-state index contributed by atoms with van der Waals surface area (Å²) in [6, 6.07) is 7.97. The molecule has 0 aliphatic carbocycles. The highest BCUT2D eigenvalue weighted by Gasteiger charge is 2.33. The summed E-state index contributed by atoms with van der Waals surface area (Å²) in [4.78, 5) is 12.3. The average Bonchev–Trinajstić information content (AvgIpc) is 3.44. The fraction of sp³-hybridized carbons (Fsp3) is 0.190. The smallest absolute Gasteiger partial charge is 0.380 e. The summed E-state index contributed by atoms with van der Waals surface area (Å²) >= 11 is 5.92. The summed E-state index contributed by atoms with van der Waals surface area (Å²) in [5.41, 5.74) is -1.29. The van der Waals surface area contributed by atoms with Crippen LogP contribution in [0.4, 0.5) is 13.2 Å². The number of benzene rings is 1. The van der Waals surface area contributed by atoms with E-state index in [0.29, 0.717) is 22.1 Å². The second kappa shape index (κ2) is 9.12. The predicted molar refractivity (Wildman–Crippen MR) is 114 cm³/mol. The number of aromatic nitrogens is 7. The highest BCUT2D eigenvalue weighted by molar-refractivity contribution is 6.30. The lowest BCUT2D eigenvalue weighted by atomic mass is 9.99. The van der Waals surface area contributed by atoms with Gasteiger partial charge in [-0.15, -0.1) is 0 Å². The monoisotopic (exact) mass is 475 g/mol. The van der Waals surface area contributed by atoms with Crippen LogP contribution in [0.25, 0.3) is 12.2 Å². The SMILES string of the molecule is OC(Cn1cncn1)(Cn1cnc(C=Cc2ccc(C(F)(F)F)cc2)n1)c1ccc(Cl)cn1. The Bertz CT molecular complexity index is 1220. The van der Waals surface area contributed by atoms with Gasteiger partial charge in [-0.3, -0.25) is 4.98 Å².